The topological polar surface area (TPSA) is 21.3 Å². The lowest BCUT2D eigenvalue weighted by Crippen LogP contribution is -2.20. The van der Waals surface area contributed by atoms with E-state index in [1.54, 1.807) is 12.7 Å². The molecular weight excluding hydrogens is 302 g/mol. The summed E-state index contributed by atoms with van der Waals surface area (Å²) >= 11 is 1.89. The molecule has 0 aliphatic heterocycles. The van der Waals surface area contributed by atoms with Gasteiger partial charge in [-0.3, -0.25) is 0 Å². The fourth-order valence-corrected chi connectivity index (χ4v) is 4.77. The average Bonchev–Trinajstić information content (AvgIpc) is 3.09. The smallest absolute Gasteiger partial charge is 0.122 e. The van der Waals surface area contributed by atoms with E-state index in [4.69, 9.17) is 4.74 Å². The quantitative estimate of drug-likeness (QED) is 0.815. The molecule has 124 valence electrons. The van der Waals surface area contributed by atoms with Crippen molar-refractivity contribution < 1.29 is 4.74 Å². The molecule has 1 N–H and O–H groups in total. The van der Waals surface area contributed by atoms with E-state index in [1.165, 1.54) is 41.7 Å². The summed E-state index contributed by atoms with van der Waals surface area (Å²) in [5.74, 6) is 2.32. The molecule has 3 heteroatoms. The lowest BCUT2D eigenvalue weighted by molar-refractivity contribution is 0.408. The van der Waals surface area contributed by atoms with E-state index in [-0.39, 0.29) is 0 Å². The molecule has 2 aromatic rings. The molecule has 2 unspecified atom stereocenters. The Morgan fingerprint density at radius 1 is 1.39 bits per heavy atom. The zero-order valence-electron chi connectivity index (χ0n) is 14.4. The van der Waals surface area contributed by atoms with Gasteiger partial charge in [0.05, 0.1) is 7.11 Å². The standard InChI is InChI=1S/C20H27NOS/c1-14-10-18-15(6-4-7-16(18)12-19(14)22-3)11-17(13-21-2)20-8-5-9-23-20/h5,8-10,12,15,17,21H,4,6-7,11,13H2,1-3H3. The van der Waals surface area contributed by atoms with Crippen LogP contribution in [0.5, 0.6) is 5.75 Å². The second kappa shape index (κ2) is 7.50. The van der Waals surface area contributed by atoms with Gasteiger partial charge in [-0.25, -0.2) is 0 Å². The van der Waals surface area contributed by atoms with Gasteiger partial charge < -0.3 is 10.1 Å². The molecule has 0 saturated carbocycles. The van der Waals surface area contributed by atoms with Crippen molar-refractivity contribution in [2.75, 3.05) is 20.7 Å². The zero-order valence-corrected chi connectivity index (χ0v) is 15.2. The SMILES string of the molecule is CNCC(CC1CCCc2cc(OC)c(C)cc21)c1cccs1. The predicted octanol–water partition coefficient (Wildman–Crippen LogP) is 4.88. The normalized spacial score (nSPS) is 18.5. The minimum absolute atomic E-state index is 0.610. The third-order valence-electron chi connectivity index (χ3n) is 5.06. The molecule has 1 heterocycles. The molecule has 1 aromatic carbocycles. The molecular formula is C20H27NOS. The Labute approximate surface area is 143 Å². The number of fused-ring (bicyclic) bond motifs is 1. The first-order valence-electron chi connectivity index (χ1n) is 8.58. The van der Waals surface area contributed by atoms with Gasteiger partial charge in [0.2, 0.25) is 0 Å². The minimum atomic E-state index is 0.610. The van der Waals surface area contributed by atoms with E-state index in [9.17, 15) is 0 Å². The molecule has 2 atom stereocenters. The second-order valence-corrected chi connectivity index (χ2v) is 7.59. The van der Waals surface area contributed by atoms with E-state index in [0.717, 1.165) is 12.3 Å². The first-order valence-corrected chi connectivity index (χ1v) is 9.46. The number of benzene rings is 1. The molecule has 1 aromatic heterocycles. The molecule has 23 heavy (non-hydrogen) atoms. The van der Waals surface area contributed by atoms with Crippen molar-refractivity contribution in [3.63, 3.8) is 0 Å². The Bertz CT molecular complexity index is 635. The van der Waals surface area contributed by atoms with Gasteiger partial charge in [-0.05, 0) is 79.8 Å². The van der Waals surface area contributed by atoms with Crippen LogP contribution in [0.2, 0.25) is 0 Å². The number of aryl methyl sites for hydroxylation is 2. The third-order valence-corrected chi connectivity index (χ3v) is 6.10. The first kappa shape index (κ1) is 16.5. The maximum Gasteiger partial charge on any atom is 0.122 e. The van der Waals surface area contributed by atoms with Gasteiger partial charge >= 0.3 is 0 Å². The molecule has 2 nitrogen and oxygen atoms in total. The number of hydrogen-bond acceptors (Lipinski definition) is 3. The largest absolute Gasteiger partial charge is 0.496 e. The molecule has 0 bridgehead atoms. The van der Waals surface area contributed by atoms with Crippen molar-refractivity contribution in [3.8, 4) is 5.75 Å². The zero-order chi connectivity index (χ0) is 16.2. The van der Waals surface area contributed by atoms with Crippen LogP contribution in [0.3, 0.4) is 0 Å². The molecule has 3 rings (SSSR count). The van der Waals surface area contributed by atoms with E-state index in [1.807, 2.05) is 11.3 Å². The minimum Gasteiger partial charge on any atom is -0.496 e. The van der Waals surface area contributed by atoms with Crippen LogP contribution < -0.4 is 10.1 Å². The maximum atomic E-state index is 5.52. The van der Waals surface area contributed by atoms with Gasteiger partial charge in [-0.1, -0.05) is 12.1 Å². The molecule has 0 fully saturated rings. The lowest BCUT2D eigenvalue weighted by Gasteiger charge is -2.29. The highest BCUT2D eigenvalue weighted by atomic mass is 32.1. The highest BCUT2D eigenvalue weighted by Gasteiger charge is 2.25. The van der Waals surface area contributed by atoms with E-state index >= 15 is 0 Å². The van der Waals surface area contributed by atoms with E-state index in [2.05, 4.69) is 48.9 Å². The number of rotatable bonds is 6. The summed E-state index contributed by atoms with van der Waals surface area (Å²) in [6.45, 7) is 3.22. The number of methoxy groups -OCH3 is 1. The number of nitrogens with one attached hydrogen (secondary N) is 1. The molecule has 0 spiro atoms. The summed E-state index contributed by atoms with van der Waals surface area (Å²) in [6, 6.07) is 9.11. The summed E-state index contributed by atoms with van der Waals surface area (Å²) in [6.07, 6.45) is 5.03. The average molecular weight is 330 g/mol. The van der Waals surface area contributed by atoms with Crippen LogP contribution >= 0.6 is 11.3 Å². The summed E-state index contributed by atoms with van der Waals surface area (Å²) < 4.78 is 5.52. The Hall–Kier alpha value is -1.32. The molecule has 0 amide bonds. The second-order valence-electron chi connectivity index (χ2n) is 6.62. The number of ether oxygens (including phenoxy) is 1. The Morgan fingerprint density at radius 3 is 2.96 bits per heavy atom. The van der Waals surface area contributed by atoms with Crippen LogP contribution in [0.1, 0.15) is 52.7 Å². The fourth-order valence-electron chi connectivity index (χ4n) is 3.92. The van der Waals surface area contributed by atoms with Crippen molar-refractivity contribution in [2.45, 2.75) is 44.4 Å². The number of likely N-dealkylation sites (N-methyl/N-ethyl adjacent to an activating group) is 1. The van der Waals surface area contributed by atoms with Gasteiger partial charge in [-0.2, -0.15) is 0 Å². The van der Waals surface area contributed by atoms with Gasteiger partial charge in [0, 0.05) is 17.3 Å². The van der Waals surface area contributed by atoms with Crippen molar-refractivity contribution >= 4 is 11.3 Å². The van der Waals surface area contributed by atoms with Crippen LogP contribution in [-0.4, -0.2) is 20.7 Å². The lowest BCUT2D eigenvalue weighted by atomic mass is 9.77. The van der Waals surface area contributed by atoms with Crippen LogP contribution in [-0.2, 0) is 6.42 Å². The van der Waals surface area contributed by atoms with Gasteiger partial charge in [0.15, 0.2) is 0 Å². The summed E-state index contributed by atoms with van der Waals surface area (Å²) in [7, 11) is 3.83. The number of hydrogen-bond donors (Lipinski definition) is 1. The van der Waals surface area contributed by atoms with Crippen LogP contribution in [0, 0.1) is 6.92 Å². The summed E-state index contributed by atoms with van der Waals surface area (Å²) in [5, 5.41) is 5.58. The fraction of sp³-hybridized carbons (Fsp3) is 0.500. The Morgan fingerprint density at radius 2 is 2.26 bits per heavy atom. The highest BCUT2D eigenvalue weighted by molar-refractivity contribution is 7.10. The summed E-state index contributed by atoms with van der Waals surface area (Å²) in [5.41, 5.74) is 4.32. The van der Waals surface area contributed by atoms with Gasteiger partial charge in [0.1, 0.15) is 5.75 Å². The maximum absolute atomic E-state index is 5.52. The Balaban J connectivity index is 1.86. The van der Waals surface area contributed by atoms with E-state index in [0.29, 0.717) is 11.8 Å². The summed E-state index contributed by atoms with van der Waals surface area (Å²) in [4.78, 5) is 1.51. The highest BCUT2D eigenvalue weighted by Crippen LogP contribution is 2.41. The van der Waals surface area contributed by atoms with Crippen molar-refractivity contribution in [1.29, 1.82) is 0 Å². The Kier molecular flexibility index (Phi) is 5.39. The molecule has 0 radical (unpaired) electrons. The third kappa shape index (κ3) is 3.61. The van der Waals surface area contributed by atoms with Crippen LogP contribution in [0.25, 0.3) is 0 Å². The predicted molar refractivity (Wildman–Crippen MR) is 99.0 cm³/mol. The molecule has 0 saturated heterocycles. The van der Waals surface area contributed by atoms with E-state index < -0.39 is 0 Å². The van der Waals surface area contributed by atoms with Gasteiger partial charge in [0.25, 0.3) is 0 Å². The van der Waals surface area contributed by atoms with Crippen molar-refractivity contribution in [1.82, 2.24) is 5.32 Å². The van der Waals surface area contributed by atoms with Crippen LogP contribution in [0.15, 0.2) is 29.6 Å². The number of thiophene rings is 1. The van der Waals surface area contributed by atoms with Gasteiger partial charge in [-0.15, -0.1) is 11.3 Å². The monoisotopic (exact) mass is 329 g/mol. The van der Waals surface area contributed by atoms with Crippen molar-refractivity contribution in [2.24, 2.45) is 0 Å². The molecule has 1 aliphatic carbocycles. The first-order chi connectivity index (χ1) is 11.2. The van der Waals surface area contributed by atoms with Crippen LogP contribution in [0.4, 0.5) is 0 Å². The van der Waals surface area contributed by atoms with Crippen molar-refractivity contribution in [3.05, 3.63) is 51.2 Å². The molecule has 1 aliphatic rings.